The standard InChI is InChI=1S/C18H16N6O/c19-10-12-3-1-4-13(9-12)15-5-2-7-23(15)16-6-8-24-18(22-16)14(11-21-24)17(20)25/h1,3-4,6,8-9,11,15H,2,5,7H2,(H2,20,25). The molecule has 1 fully saturated rings. The van der Waals surface area contributed by atoms with E-state index in [0.717, 1.165) is 30.8 Å². The Balaban J connectivity index is 1.75. The van der Waals surface area contributed by atoms with Gasteiger partial charge in [0.1, 0.15) is 11.4 Å². The van der Waals surface area contributed by atoms with Gasteiger partial charge in [-0.05, 0) is 36.6 Å². The first-order valence-corrected chi connectivity index (χ1v) is 8.08. The van der Waals surface area contributed by atoms with Crippen molar-refractivity contribution < 1.29 is 4.79 Å². The Kier molecular flexibility index (Phi) is 3.58. The summed E-state index contributed by atoms with van der Waals surface area (Å²) in [6.07, 6.45) is 5.25. The summed E-state index contributed by atoms with van der Waals surface area (Å²) >= 11 is 0. The fourth-order valence-electron chi connectivity index (χ4n) is 3.40. The molecule has 0 bridgehead atoms. The fraction of sp³-hybridized carbons (Fsp3) is 0.222. The number of anilines is 1. The second kappa shape index (κ2) is 5.91. The minimum absolute atomic E-state index is 0.156. The molecule has 0 radical (unpaired) electrons. The number of aromatic nitrogens is 3. The smallest absolute Gasteiger partial charge is 0.254 e. The van der Waals surface area contributed by atoms with Crippen LogP contribution in [-0.4, -0.2) is 27.0 Å². The summed E-state index contributed by atoms with van der Waals surface area (Å²) in [5.74, 6) is 0.236. The van der Waals surface area contributed by atoms with Crippen molar-refractivity contribution in [2.75, 3.05) is 11.4 Å². The minimum atomic E-state index is -0.542. The maximum absolute atomic E-state index is 11.5. The summed E-state index contributed by atoms with van der Waals surface area (Å²) in [5, 5.41) is 13.2. The molecule has 1 aliphatic heterocycles. The number of nitriles is 1. The van der Waals surface area contributed by atoms with E-state index in [0.29, 0.717) is 16.8 Å². The Morgan fingerprint density at radius 2 is 2.24 bits per heavy atom. The first kappa shape index (κ1) is 15.1. The number of carbonyl (C=O) groups is 1. The Bertz CT molecular complexity index is 1000. The third-order valence-electron chi connectivity index (χ3n) is 4.57. The van der Waals surface area contributed by atoms with Gasteiger partial charge in [0.15, 0.2) is 5.65 Å². The van der Waals surface area contributed by atoms with Crippen molar-refractivity contribution in [2.24, 2.45) is 5.73 Å². The molecule has 1 amide bonds. The number of nitrogens with zero attached hydrogens (tertiary/aromatic N) is 5. The van der Waals surface area contributed by atoms with Gasteiger partial charge < -0.3 is 10.6 Å². The zero-order valence-electron chi connectivity index (χ0n) is 13.5. The van der Waals surface area contributed by atoms with Gasteiger partial charge >= 0.3 is 0 Å². The molecule has 0 saturated carbocycles. The van der Waals surface area contributed by atoms with Gasteiger partial charge in [0.05, 0.1) is 23.9 Å². The molecule has 3 aromatic rings. The van der Waals surface area contributed by atoms with Crippen LogP contribution in [0.15, 0.2) is 42.7 Å². The monoisotopic (exact) mass is 332 g/mol. The van der Waals surface area contributed by atoms with E-state index in [4.69, 9.17) is 11.0 Å². The predicted molar refractivity (Wildman–Crippen MR) is 92.0 cm³/mol. The van der Waals surface area contributed by atoms with Crippen molar-refractivity contribution >= 4 is 17.4 Å². The van der Waals surface area contributed by atoms with Crippen molar-refractivity contribution in [2.45, 2.75) is 18.9 Å². The second-order valence-electron chi connectivity index (χ2n) is 6.07. The van der Waals surface area contributed by atoms with Gasteiger partial charge in [0, 0.05) is 12.7 Å². The number of hydrogen-bond donors (Lipinski definition) is 1. The van der Waals surface area contributed by atoms with Gasteiger partial charge in [-0.2, -0.15) is 10.4 Å². The van der Waals surface area contributed by atoms with Crippen LogP contribution in [0.5, 0.6) is 0 Å². The van der Waals surface area contributed by atoms with Crippen LogP contribution in [0.25, 0.3) is 5.65 Å². The summed E-state index contributed by atoms with van der Waals surface area (Å²) in [7, 11) is 0. The van der Waals surface area contributed by atoms with E-state index in [-0.39, 0.29) is 6.04 Å². The zero-order valence-corrected chi connectivity index (χ0v) is 13.5. The molecule has 7 heteroatoms. The van der Waals surface area contributed by atoms with Crippen molar-refractivity contribution in [3.05, 3.63) is 59.4 Å². The molecule has 7 nitrogen and oxygen atoms in total. The van der Waals surface area contributed by atoms with E-state index in [2.05, 4.69) is 21.1 Å². The molecule has 2 N–H and O–H groups in total. The normalized spacial score (nSPS) is 16.9. The van der Waals surface area contributed by atoms with E-state index in [1.54, 1.807) is 16.8 Å². The van der Waals surface area contributed by atoms with Crippen molar-refractivity contribution in [1.82, 2.24) is 14.6 Å². The highest BCUT2D eigenvalue weighted by Crippen LogP contribution is 2.35. The summed E-state index contributed by atoms with van der Waals surface area (Å²) in [5.41, 5.74) is 7.92. The van der Waals surface area contributed by atoms with Crippen LogP contribution in [0.1, 0.15) is 40.4 Å². The highest BCUT2D eigenvalue weighted by atomic mass is 16.1. The van der Waals surface area contributed by atoms with Crippen LogP contribution in [0, 0.1) is 11.3 Å². The lowest BCUT2D eigenvalue weighted by Gasteiger charge is -2.26. The van der Waals surface area contributed by atoms with E-state index < -0.39 is 5.91 Å². The van der Waals surface area contributed by atoms with Crippen LogP contribution in [0.4, 0.5) is 5.82 Å². The molecule has 2 aromatic heterocycles. The van der Waals surface area contributed by atoms with Crippen LogP contribution in [-0.2, 0) is 0 Å². The fourth-order valence-corrected chi connectivity index (χ4v) is 3.40. The summed E-state index contributed by atoms with van der Waals surface area (Å²) in [4.78, 5) is 18.4. The van der Waals surface area contributed by atoms with Gasteiger partial charge in [-0.1, -0.05) is 12.1 Å². The Morgan fingerprint density at radius 3 is 3.04 bits per heavy atom. The number of nitrogens with two attached hydrogens (primary N) is 1. The molecule has 1 atom stereocenters. The van der Waals surface area contributed by atoms with Crippen LogP contribution in [0.2, 0.25) is 0 Å². The lowest BCUT2D eigenvalue weighted by Crippen LogP contribution is -2.24. The summed E-state index contributed by atoms with van der Waals surface area (Å²) < 4.78 is 1.55. The molecule has 1 aromatic carbocycles. The molecule has 4 rings (SSSR count). The van der Waals surface area contributed by atoms with E-state index in [1.165, 1.54) is 6.20 Å². The highest BCUT2D eigenvalue weighted by Gasteiger charge is 2.28. The third kappa shape index (κ3) is 2.58. The quantitative estimate of drug-likeness (QED) is 0.791. The van der Waals surface area contributed by atoms with Gasteiger partial charge in [-0.25, -0.2) is 9.50 Å². The van der Waals surface area contributed by atoms with Gasteiger partial charge in [-0.3, -0.25) is 4.79 Å². The van der Waals surface area contributed by atoms with Crippen molar-refractivity contribution in [1.29, 1.82) is 5.26 Å². The molecule has 124 valence electrons. The molecule has 0 aliphatic carbocycles. The Labute approximate surface area is 144 Å². The first-order valence-electron chi connectivity index (χ1n) is 8.08. The van der Waals surface area contributed by atoms with Crippen LogP contribution >= 0.6 is 0 Å². The Morgan fingerprint density at radius 1 is 1.36 bits per heavy atom. The molecule has 25 heavy (non-hydrogen) atoms. The largest absolute Gasteiger partial charge is 0.365 e. The zero-order chi connectivity index (χ0) is 17.4. The van der Waals surface area contributed by atoms with Crippen LogP contribution < -0.4 is 10.6 Å². The van der Waals surface area contributed by atoms with E-state index >= 15 is 0 Å². The highest BCUT2D eigenvalue weighted by molar-refractivity contribution is 5.98. The van der Waals surface area contributed by atoms with Crippen LogP contribution in [0.3, 0.4) is 0 Å². The second-order valence-corrected chi connectivity index (χ2v) is 6.07. The lowest BCUT2D eigenvalue weighted by atomic mass is 10.0. The SMILES string of the molecule is N#Cc1cccc(C2CCCN2c2ccn3ncc(C(N)=O)c3n2)c1. The maximum Gasteiger partial charge on any atom is 0.254 e. The number of primary amides is 1. The minimum Gasteiger partial charge on any atom is -0.365 e. The molecule has 1 unspecified atom stereocenters. The lowest BCUT2D eigenvalue weighted by molar-refractivity contribution is 0.100. The molecule has 0 spiro atoms. The molecular weight excluding hydrogens is 316 g/mol. The third-order valence-corrected chi connectivity index (χ3v) is 4.57. The predicted octanol–water partition coefficient (Wildman–Crippen LogP) is 2.04. The number of hydrogen-bond acceptors (Lipinski definition) is 5. The maximum atomic E-state index is 11.5. The number of fused-ring (bicyclic) bond motifs is 1. The van der Waals surface area contributed by atoms with E-state index in [1.807, 2.05) is 24.3 Å². The van der Waals surface area contributed by atoms with Crippen molar-refractivity contribution in [3.8, 4) is 6.07 Å². The van der Waals surface area contributed by atoms with Gasteiger partial charge in [-0.15, -0.1) is 0 Å². The molecular formula is C18H16N6O. The molecule has 3 heterocycles. The van der Waals surface area contributed by atoms with Gasteiger partial charge in [0.25, 0.3) is 5.91 Å². The summed E-state index contributed by atoms with van der Waals surface area (Å²) in [6, 6.07) is 11.9. The topological polar surface area (TPSA) is 100 Å². The molecule has 1 aliphatic rings. The van der Waals surface area contributed by atoms with E-state index in [9.17, 15) is 4.79 Å². The first-order chi connectivity index (χ1) is 12.2. The van der Waals surface area contributed by atoms with Gasteiger partial charge in [0.2, 0.25) is 0 Å². The average molecular weight is 332 g/mol. The number of rotatable bonds is 3. The van der Waals surface area contributed by atoms with Crippen molar-refractivity contribution in [3.63, 3.8) is 0 Å². The number of amides is 1. The molecule has 1 saturated heterocycles. The average Bonchev–Trinajstić information content (AvgIpc) is 3.28. The summed E-state index contributed by atoms with van der Waals surface area (Å²) in [6.45, 7) is 0.866. The number of carbonyl (C=O) groups excluding carboxylic acids is 1. The Hall–Kier alpha value is -3.40. The number of benzene rings is 1.